The van der Waals surface area contributed by atoms with E-state index in [1.807, 2.05) is 13.8 Å². The molecule has 25 heavy (non-hydrogen) atoms. The lowest BCUT2D eigenvalue weighted by molar-refractivity contribution is -0.117. The number of methoxy groups -OCH3 is 1. The standard InChI is InChI=1S/C18H21NO5S/c1-12-4-6-14(7-5-12)25(21,22)19-17(23-3)15-11-24-18(2)9-8-13(20)10-16(15)18/h4-9,15-16H,10-11H2,1-3H3/b19-17-/t15-,16-,18-/m1/s1. The summed E-state index contributed by atoms with van der Waals surface area (Å²) in [5.74, 6) is -0.506. The van der Waals surface area contributed by atoms with Gasteiger partial charge in [0.05, 0.1) is 30.1 Å². The Balaban J connectivity index is 1.94. The zero-order valence-corrected chi connectivity index (χ0v) is 15.2. The minimum absolute atomic E-state index is 0.00480. The molecule has 3 rings (SSSR count). The van der Waals surface area contributed by atoms with Crippen LogP contribution in [0.1, 0.15) is 18.9 Å². The van der Waals surface area contributed by atoms with E-state index < -0.39 is 15.6 Å². The second kappa shape index (κ2) is 6.38. The van der Waals surface area contributed by atoms with Gasteiger partial charge in [-0.15, -0.1) is 4.40 Å². The van der Waals surface area contributed by atoms with E-state index in [1.165, 1.54) is 25.3 Å². The summed E-state index contributed by atoms with van der Waals surface area (Å²) < 4.78 is 40.2. The molecule has 1 saturated heterocycles. The molecule has 1 aromatic rings. The number of nitrogens with zero attached hydrogens (tertiary/aromatic N) is 1. The first-order valence-corrected chi connectivity index (χ1v) is 9.51. The van der Waals surface area contributed by atoms with Gasteiger partial charge >= 0.3 is 0 Å². The molecule has 6 nitrogen and oxygen atoms in total. The third kappa shape index (κ3) is 3.39. The van der Waals surface area contributed by atoms with Crippen LogP contribution in [0.3, 0.4) is 0 Å². The molecular formula is C18H21NO5S. The molecule has 0 saturated carbocycles. The summed E-state index contributed by atoms with van der Waals surface area (Å²) in [6, 6.07) is 6.47. The van der Waals surface area contributed by atoms with E-state index in [2.05, 4.69) is 4.40 Å². The van der Waals surface area contributed by atoms with Crippen molar-refractivity contribution in [1.82, 2.24) is 0 Å². The molecule has 134 valence electrons. The molecular weight excluding hydrogens is 342 g/mol. The summed E-state index contributed by atoms with van der Waals surface area (Å²) in [4.78, 5) is 11.9. The van der Waals surface area contributed by atoms with Crippen molar-refractivity contribution in [3.05, 3.63) is 42.0 Å². The van der Waals surface area contributed by atoms with Gasteiger partial charge in [-0.3, -0.25) is 4.79 Å². The lowest BCUT2D eigenvalue weighted by Gasteiger charge is -2.31. The fraction of sp³-hybridized carbons (Fsp3) is 0.444. The molecule has 1 aromatic carbocycles. The summed E-state index contributed by atoms with van der Waals surface area (Å²) in [6.07, 6.45) is 3.54. The molecule has 1 fully saturated rings. The number of allylic oxidation sites excluding steroid dienone is 1. The normalized spacial score (nSPS) is 29.6. The zero-order chi connectivity index (χ0) is 18.2. The fourth-order valence-electron chi connectivity index (χ4n) is 3.33. The lowest BCUT2D eigenvalue weighted by atomic mass is 9.75. The molecule has 1 aliphatic carbocycles. The van der Waals surface area contributed by atoms with Crippen molar-refractivity contribution in [1.29, 1.82) is 0 Å². The van der Waals surface area contributed by atoms with Gasteiger partial charge in [0.15, 0.2) is 5.78 Å². The Labute approximate surface area is 147 Å². The summed E-state index contributed by atoms with van der Waals surface area (Å²) in [5, 5.41) is 0. The van der Waals surface area contributed by atoms with Crippen molar-refractivity contribution in [2.45, 2.75) is 30.8 Å². The van der Waals surface area contributed by atoms with Gasteiger partial charge in [-0.05, 0) is 38.1 Å². The average molecular weight is 363 g/mol. The van der Waals surface area contributed by atoms with Gasteiger partial charge in [0.1, 0.15) is 0 Å². The molecule has 0 amide bonds. The van der Waals surface area contributed by atoms with Gasteiger partial charge < -0.3 is 9.47 Å². The predicted molar refractivity (Wildman–Crippen MR) is 92.9 cm³/mol. The van der Waals surface area contributed by atoms with Crippen LogP contribution in [0.4, 0.5) is 0 Å². The van der Waals surface area contributed by atoms with E-state index in [4.69, 9.17) is 9.47 Å². The Morgan fingerprint density at radius 1 is 1.32 bits per heavy atom. The number of benzene rings is 1. The van der Waals surface area contributed by atoms with Crippen LogP contribution in [-0.4, -0.2) is 39.4 Å². The molecule has 3 atom stereocenters. The predicted octanol–water partition coefficient (Wildman–Crippen LogP) is 2.28. The fourth-order valence-corrected chi connectivity index (χ4v) is 4.37. The minimum atomic E-state index is -3.89. The number of ketones is 1. The first kappa shape index (κ1) is 17.8. The van der Waals surface area contributed by atoms with E-state index in [-0.39, 0.29) is 41.4 Å². The highest BCUT2D eigenvalue weighted by molar-refractivity contribution is 7.90. The second-order valence-electron chi connectivity index (χ2n) is 6.63. The monoisotopic (exact) mass is 363 g/mol. The molecule has 1 heterocycles. The maximum absolute atomic E-state index is 12.6. The zero-order valence-electron chi connectivity index (χ0n) is 14.4. The van der Waals surface area contributed by atoms with Crippen LogP contribution in [0.25, 0.3) is 0 Å². The van der Waals surface area contributed by atoms with Gasteiger partial charge in [0.25, 0.3) is 10.0 Å². The van der Waals surface area contributed by atoms with E-state index in [1.54, 1.807) is 18.2 Å². The Bertz CT molecular complexity index is 841. The number of fused-ring (bicyclic) bond motifs is 1. The van der Waals surface area contributed by atoms with Crippen LogP contribution in [0.5, 0.6) is 0 Å². The van der Waals surface area contributed by atoms with E-state index >= 15 is 0 Å². The lowest BCUT2D eigenvalue weighted by Crippen LogP contribution is -2.38. The van der Waals surface area contributed by atoms with Crippen LogP contribution in [0.15, 0.2) is 45.7 Å². The van der Waals surface area contributed by atoms with Crippen LogP contribution in [0.2, 0.25) is 0 Å². The number of aryl methyl sites for hydroxylation is 1. The van der Waals surface area contributed by atoms with Crippen LogP contribution < -0.4 is 0 Å². The molecule has 0 bridgehead atoms. The quantitative estimate of drug-likeness (QED) is 0.608. The molecule has 1 aliphatic heterocycles. The van der Waals surface area contributed by atoms with E-state index in [0.29, 0.717) is 0 Å². The molecule has 0 N–H and O–H groups in total. The number of hydrogen-bond acceptors (Lipinski definition) is 5. The Hall–Kier alpha value is -1.99. The molecule has 0 aromatic heterocycles. The summed E-state index contributed by atoms with van der Waals surface area (Å²) >= 11 is 0. The third-order valence-electron chi connectivity index (χ3n) is 4.87. The number of carbonyl (C=O) groups excluding carboxylic acids is 1. The summed E-state index contributed by atoms with van der Waals surface area (Å²) in [5.41, 5.74) is 0.355. The largest absolute Gasteiger partial charge is 0.483 e. The Kier molecular flexibility index (Phi) is 4.55. The highest BCUT2D eigenvalue weighted by Gasteiger charge is 2.50. The second-order valence-corrected chi connectivity index (χ2v) is 8.24. The minimum Gasteiger partial charge on any atom is -0.483 e. The number of carbonyl (C=O) groups is 1. The number of sulfonamides is 1. The first-order chi connectivity index (χ1) is 11.7. The van der Waals surface area contributed by atoms with Crippen molar-refractivity contribution < 1.29 is 22.7 Å². The highest BCUT2D eigenvalue weighted by atomic mass is 32.2. The Morgan fingerprint density at radius 3 is 2.64 bits per heavy atom. The van der Waals surface area contributed by atoms with Crippen molar-refractivity contribution >= 4 is 21.7 Å². The Morgan fingerprint density at radius 2 is 2.00 bits per heavy atom. The molecule has 2 aliphatic rings. The van der Waals surface area contributed by atoms with E-state index in [0.717, 1.165) is 5.56 Å². The topological polar surface area (TPSA) is 82.0 Å². The maximum Gasteiger partial charge on any atom is 0.285 e. The SMILES string of the molecule is CO/C(=N\S(=O)(=O)c1ccc(C)cc1)[C@@H]1CO[C@]2(C)C=CC(=O)C[C@H]12. The maximum atomic E-state index is 12.6. The van der Waals surface area contributed by atoms with Gasteiger partial charge in [0.2, 0.25) is 5.90 Å². The van der Waals surface area contributed by atoms with Gasteiger partial charge in [0, 0.05) is 12.3 Å². The van der Waals surface area contributed by atoms with Crippen LogP contribution in [0, 0.1) is 18.8 Å². The van der Waals surface area contributed by atoms with E-state index in [9.17, 15) is 13.2 Å². The summed E-state index contributed by atoms with van der Waals surface area (Å²) in [7, 11) is -2.50. The van der Waals surface area contributed by atoms with Crippen molar-refractivity contribution in [2.24, 2.45) is 16.2 Å². The molecule has 0 spiro atoms. The van der Waals surface area contributed by atoms with Crippen LogP contribution in [-0.2, 0) is 24.3 Å². The number of ether oxygens (including phenoxy) is 2. The molecule has 0 unspecified atom stereocenters. The van der Waals surface area contributed by atoms with Crippen LogP contribution >= 0.6 is 0 Å². The summed E-state index contributed by atoms with van der Waals surface area (Å²) in [6.45, 7) is 4.03. The van der Waals surface area contributed by atoms with Gasteiger partial charge in [-0.2, -0.15) is 8.42 Å². The molecule has 7 heteroatoms. The number of hydrogen-bond donors (Lipinski definition) is 0. The van der Waals surface area contributed by atoms with Crippen molar-refractivity contribution in [3.8, 4) is 0 Å². The van der Waals surface area contributed by atoms with Gasteiger partial charge in [-0.25, -0.2) is 0 Å². The van der Waals surface area contributed by atoms with Crippen molar-refractivity contribution in [2.75, 3.05) is 13.7 Å². The van der Waals surface area contributed by atoms with Crippen molar-refractivity contribution in [3.63, 3.8) is 0 Å². The molecule has 0 radical (unpaired) electrons. The third-order valence-corrected chi connectivity index (χ3v) is 6.16. The number of rotatable bonds is 3. The smallest absolute Gasteiger partial charge is 0.285 e. The highest BCUT2D eigenvalue weighted by Crippen LogP contribution is 2.43. The first-order valence-electron chi connectivity index (χ1n) is 8.07. The average Bonchev–Trinajstić information content (AvgIpc) is 2.90. The van der Waals surface area contributed by atoms with Gasteiger partial charge in [-0.1, -0.05) is 17.7 Å².